The number of ketones is 1. The number of hydrogen-bond donors (Lipinski definition) is 0. The van der Waals surface area contributed by atoms with Crippen molar-refractivity contribution in [1.29, 1.82) is 0 Å². The fourth-order valence-electron chi connectivity index (χ4n) is 1.99. The number of benzene rings is 1. The van der Waals surface area contributed by atoms with Gasteiger partial charge < -0.3 is 0 Å². The maximum Gasteiger partial charge on any atom is 0.182 e. The van der Waals surface area contributed by atoms with Crippen LogP contribution in [0.4, 0.5) is 5.69 Å². The highest BCUT2D eigenvalue weighted by Crippen LogP contribution is 2.37. The van der Waals surface area contributed by atoms with Crippen LogP contribution in [0.2, 0.25) is 0 Å². The normalized spacial score (nSPS) is 18.4. The van der Waals surface area contributed by atoms with Crippen molar-refractivity contribution in [2.24, 2.45) is 4.99 Å². The predicted octanol–water partition coefficient (Wildman–Crippen LogP) is 2.52. The Bertz CT molecular complexity index is 483. The van der Waals surface area contributed by atoms with Crippen LogP contribution in [0.5, 0.6) is 0 Å². The SMILES string of the molecule is O=C1CCC=C2C1=Nc1ccccc12. The van der Waals surface area contributed by atoms with E-state index < -0.39 is 0 Å². The number of carbonyl (C=O) groups excluding carboxylic acids is 1. The van der Waals surface area contributed by atoms with Crippen LogP contribution in [0, 0.1) is 0 Å². The molecule has 0 saturated heterocycles. The van der Waals surface area contributed by atoms with Gasteiger partial charge in [0.05, 0.1) is 5.69 Å². The van der Waals surface area contributed by atoms with E-state index in [4.69, 9.17) is 0 Å². The van der Waals surface area contributed by atoms with Crippen molar-refractivity contribution in [1.82, 2.24) is 0 Å². The molecule has 0 N–H and O–H groups in total. The zero-order valence-corrected chi connectivity index (χ0v) is 7.66. The largest absolute Gasteiger partial charge is 0.292 e. The number of Topliss-reactive ketones (excluding diaryl/α,β-unsaturated/α-hetero) is 1. The first-order valence-corrected chi connectivity index (χ1v) is 4.78. The van der Waals surface area contributed by atoms with Gasteiger partial charge in [-0.05, 0) is 12.5 Å². The summed E-state index contributed by atoms with van der Waals surface area (Å²) in [5, 5.41) is 0. The molecule has 1 aromatic rings. The second kappa shape index (κ2) is 2.64. The van der Waals surface area contributed by atoms with Crippen LogP contribution in [0.3, 0.4) is 0 Å². The second-order valence-electron chi connectivity index (χ2n) is 3.56. The highest BCUT2D eigenvalue weighted by atomic mass is 16.1. The maximum atomic E-state index is 11.6. The molecule has 0 fully saturated rings. The van der Waals surface area contributed by atoms with Gasteiger partial charge in [-0.25, -0.2) is 4.99 Å². The minimum atomic E-state index is 0.179. The molecular formula is C12H9NO. The van der Waals surface area contributed by atoms with Gasteiger partial charge in [0.25, 0.3) is 0 Å². The number of carbonyl (C=O) groups is 1. The fourth-order valence-corrected chi connectivity index (χ4v) is 1.99. The molecule has 14 heavy (non-hydrogen) atoms. The Morgan fingerprint density at radius 1 is 1.21 bits per heavy atom. The molecule has 1 aliphatic carbocycles. The molecule has 0 amide bonds. The molecule has 2 nitrogen and oxygen atoms in total. The van der Waals surface area contributed by atoms with E-state index in [1.807, 2.05) is 24.3 Å². The first kappa shape index (κ1) is 7.68. The predicted molar refractivity (Wildman–Crippen MR) is 55.8 cm³/mol. The van der Waals surface area contributed by atoms with Gasteiger partial charge in [-0.3, -0.25) is 4.79 Å². The number of aliphatic imine (C=N–C) groups is 1. The molecule has 0 aromatic heterocycles. The van der Waals surface area contributed by atoms with E-state index in [-0.39, 0.29) is 5.78 Å². The van der Waals surface area contributed by atoms with E-state index in [0.29, 0.717) is 12.1 Å². The molecule has 1 heterocycles. The van der Waals surface area contributed by atoms with Crippen molar-refractivity contribution in [2.45, 2.75) is 12.8 Å². The van der Waals surface area contributed by atoms with Crippen LogP contribution < -0.4 is 0 Å². The highest BCUT2D eigenvalue weighted by Gasteiger charge is 2.27. The third kappa shape index (κ3) is 0.909. The lowest BCUT2D eigenvalue weighted by Crippen LogP contribution is -2.16. The third-order valence-corrected chi connectivity index (χ3v) is 2.67. The van der Waals surface area contributed by atoms with E-state index in [0.717, 1.165) is 23.2 Å². The lowest BCUT2D eigenvalue weighted by Gasteiger charge is -2.08. The first-order chi connectivity index (χ1) is 6.86. The minimum Gasteiger partial charge on any atom is -0.292 e. The third-order valence-electron chi connectivity index (χ3n) is 2.67. The molecule has 2 heteroatoms. The topological polar surface area (TPSA) is 29.4 Å². The fraction of sp³-hybridized carbons (Fsp3) is 0.167. The summed E-state index contributed by atoms with van der Waals surface area (Å²) in [5.41, 5.74) is 3.74. The highest BCUT2D eigenvalue weighted by molar-refractivity contribution is 6.59. The zero-order chi connectivity index (χ0) is 9.54. The quantitative estimate of drug-likeness (QED) is 0.607. The first-order valence-electron chi connectivity index (χ1n) is 4.78. The Balaban J connectivity index is 2.25. The van der Waals surface area contributed by atoms with Gasteiger partial charge in [-0.2, -0.15) is 0 Å². The van der Waals surface area contributed by atoms with Crippen LogP contribution in [-0.2, 0) is 4.79 Å². The van der Waals surface area contributed by atoms with Crippen molar-refractivity contribution in [2.75, 3.05) is 0 Å². The molecule has 0 radical (unpaired) electrons. The average molecular weight is 183 g/mol. The molecule has 3 rings (SSSR count). The summed E-state index contributed by atoms with van der Waals surface area (Å²) in [6.07, 6.45) is 3.57. The van der Waals surface area contributed by atoms with Crippen molar-refractivity contribution in [3.8, 4) is 0 Å². The van der Waals surface area contributed by atoms with Gasteiger partial charge in [0, 0.05) is 17.6 Å². The zero-order valence-electron chi connectivity index (χ0n) is 7.66. The van der Waals surface area contributed by atoms with Gasteiger partial charge in [0.1, 0.15) is 5.71 Å². The molecule has 68 valence electrons. The second-order valence-corrected chi connectivity index (χ2v) is 3.56. The molecule has 2 aliphatic rings. The van der Waals surface area contributed by atoms with Crippen molar-refractivity contribution < 1.29 is 4.79 Å². The Hall–Kier alpha value is -1.70. The maximum absolute atomic E-state index is 11.6. The number of nitrogens with zero attached hydrogens (tertiary/aromatic N) is 1. The molecule has 0 spiro atoms. The molecule has 1 aromatic carbocycles. The molecule has 1 aliphatic heterocycles. The number of fused-ring (bicyclic) bond motifs is 3. The van der Waals surface area contributed by atoms with E-state index in [1.165, 1.54) is 0 Å². The van der Waals surface area contributed by atoms with Gasteiger partial charge in [0.15, 0.2) is 5.78 Å². The average Bonchev–Trinajstić information content (AvgIpc) is 2.59. The number of allylic oxidation sites excluding steroid dienone is 2. The van der Waals surface area contributed by atoms with E-state index in [9.17, 15) is 4.79 Å². The molecule has 0 atom stereocenters. The summed E-state index contributed by atoms with van der Waals surface area (Å²) in [5.74, 6) is 0.179. The van der Waals surface area contributed by atoms with Crippen LogP contribution in [0.25, 0.3) is 5.57 Å². The lowest BCUT2D eigenvalue weighted by molar-refractivity contribution is -0.112. The van der Waals surface area contributed by atoms with Crippen molar-refractivity contribution in [3.05, 3.63) is 35.9 Å². The van der Waals surface area contributed by atoms with Crippen LogP contribution in [0.15, 0.2) is 35.3 Å². The summed E-state index contributed by atoms with van der Waals surface area (Å²) in [6, 6.07) is 7.91. The summed E-state index contributed by atoms with van der Waals surface area (Å²) in [4.78, 5) is 15.9. The Kier molecular flexibility index (Phi) is 1.45. The van der Waals surface area contributed by atoms with Gasteiger partial charge in [-0.15, -0.1) is 0 Å². The van der Waals surface area contributed by atoms with Gasteiger partial charge in [-0.1, -0.05) is 24.3 Å². The summed E-state index contributed by atoms with van der Waals surface area (Å²) >= 11 is 0. The van der Waals surface area contributed by atoms with Crippen molar-refractivity contribution >= 4 is 22.8 Å². The van der Waals surface area contributed by atoms with E-state index >= 15 is 0 Å². The monoisotopic (exact) mass is 183 g/mol. The summed E-state index contributed by atoms with van der Waals surface area (Å²) < 4.78 is 0. The molecule has 0 saturated carbocycles. The number of rotatable bonds is 0. The minimum absolute atomic E-state index is 0.179. The van der Waals surface area contributed by atoms with Gasteiger partial charge in [0.2, 0.25) is 0 Å². The van der Waals surface area contributed by atoms with Crippen LogP contribution in [-0.4, -0.2) is 11.5 Å². The van der Waals surface area contributed by atoms with E-state index in [2.05, 4.69) is 11.1 Å². The summed E-state index contributed by atoms with van der Waals surface area (Å²) in [7, 11) is 0. The lowest BCUT2D eigenvalue weighted by atomic mass is 9.93. The van der Waals surface area contributed by atoms with Crippen molar-refractivity contribution in [3.63, 3.8) is 0 Å². The number of hydrogen-bond acceptors (Lipinski definition) is 2. The van der Waals surface area contributed by atoms with E-state index in [1.54, 1.807) is 0 Å². The van der Waals surface area contributed by atoms with Gasteiger partial charge >= 0.3 is 0 Å². The molecule has 0 unspecified atom stereocenters. The standard InChI is InChI=1S/C12H9NO/c14-11-7-3-5-9-8-4-1-2-6-10(8)13-12(9)11/h1-2,4-6H,3,7H2. The Morgan fingerprint density at radius 2 is 2.07 bits per heavy atom. The molecular weight excluding hydrogens is 174 g/mol. The molecule has 0 bridgehead atoms. The van der Waals surface area contributed by atoms with Crippen LogP contribution in [0.1, 0.15) is 18.4 Å². The van der Waals surface area contributed by atoms with Crippen LogP contribution >= 0.6 is 0 Å². The Morgan fingerprint density at radius 3 is 3.00 bits per heavy atom. The Labute approximate surface area is 82.0 Å². The smallest absolute Gasteiger partial charge is 0.182 e. The number of para-hydroxylation sites is 1. The summed E-state index contributed by atoms with van der Waals surface area (Å²) in [6.45, 7) is 0.